The number of benzene rings is 1. The number of ether oxygens (including phenoxy) is 1. The highest BCUT2D eigenvalue weighted by molar-refractivity contribution is 5.95. The van der Waals surface area contributed by atoms with E-state index in [9.17, 15) is 14.4 Å². The van der Waals surface area contributed by atoms with Crippen LogP contribution in [-0.4, -0.2) is 42.8 Å². The normalized spacial score (nSPS) is 9.80. The first-order chi connectivity index (χ1) is 9.49. The Bertz CT molecular complexity index is 504. The fourth-order valence-corrected chi connectivity index (χ4v) is 1.32. The molecule has 3 amide bonds. The minimum atomic E-state index is -1.07. The molecule has 1 rings (SSSR count). The van der Waals surface area contributed by atoms with Gasteiger partial charge in [0.25, 0.3) is 0 Å². The van der Waals surface area contributed by atoms with Crippen molar-refractivity contribution in [1.82, 2.24) is 5.32 Å². The molecule has 0 bridgehead atoms. The topological polar surface area (TPSA) is 131 Å². The number of carboxylic acid groups (broad SMARTS) is 1. The van der Waals surface area contributed by atoms with Crippen molar-refractivity contribution in [3.05, 3.63) is 29.8 Å². The number of carboxylic acids is 1. The Kier molecular flexibility index (Phi) is 5.98. The second-order valence-electron chi connectivity index (χ2n) is 3.77. The molecule has 0 radical (unpaired) electrons. The largest absolute Gasteiger partial charge is 0.480 e. The molecule has 20 heavy (non-hydrogen) atoms. The van der Waals surface area contributed by atoms with E-state index in [0.29, 0.717) is 5.69 Å². The molecular formula is C12H15N3O5. The van der Waals surface area contributed by atoms with E-state index in [2.05, 4.69) is 10.6 Å². The van der Waals surface area contributed by atoms with Gasteiger partial charge in [-0.2, -0.15) is 0 Å². The molecule has 0 aliphatic heterocycles. The molecule has 0 unspecified atom stereocenters. The third-order valence-electron chi connectivity index (χ3n) is 2.16. The molecule has 0 heterocycles. The van der Waals surface area contributed by atoms with E-state index in [4.69, 9.17) is 15.6 Å². The van der Waals surface area contributed by atoms with Crippen molar-refractivity contribution in [3.63, 3.8) is 0 Å². The van der Waals surface area contributed by atoms with Gasteiger partial charge in [-0.1, -0.05) is 6.07 Å². The van der Waals surface area contributed by atoms with Crippen LogP contribution in [0.2, 0.25) is 0 Å². The zero-order chi connectivity index (χ0) is 15.0. The lowest BCUT2D eigenvalue weighted by molar-refractivity contribution is -0.142. The molecule has 0 aromatic heterocycles. The highest BCUT2D eigenvalue weighted by atomic mass is 16.5. The van der Waals surface area contributed by atoms with Crippen molar-refractivity contribution < 1.29 is 24.2 Å². The van der Waals surface area contributed by atoms with Crippen LogP contribution in [-0.2, 0) is 9.53 Å². The van der Waals surface area contributed by atoms with Crippen molar-refractivity contribution in [2.24, 2.45) is 5.73 Å². The Balaban J connectivity index is 2.33. The van der Waals surface area contributed by atoms with E-state index in [1.54, 1.807) is 12.1 Å². The highest BCUT2D eigenvalue weighted by Crippen LogP contribution is 2.09. The molecule has 0 aliphatic rings. The van der Waals surface area contributed by atoms with Crippen LogP contribution < -0.4 is 16.4 Å². The van der Waals surface area contributed by atoms with Crippen molar-refractivity contribution in [1.29, 1.82) is 0 Å². The van der Waals surface area contributed by atoms with Crippen molar-refractivity contribution >= 4 is 23.6 Å². The second kappa shape index (κ2) is 7.74. The smallest absolute Gasteiger partial charge is 0.329 e. The van der Waals surface area contributed by atoms with Gasteiger partial charge < -0.3 is 26.2 Å². The molecule has 0 fully saturated rings. The average molecular weight is 281 g/mol. The minimum absolute atomic E-state index is 0.0844. The first kappa shape index (κ1) is 15.4. The standard InChI is InChI=1S/C12H15N3O5/c13-11(18)8-2-1-3-9(6-8)15-12(19)14-4-5-20-7-10(16)17/h1-3,6H,4-5,7H2,(H2,13,18)(H,16,17)(H2,14,15,19). The summed E-state index contributed by atoms with van der Waals surface area (Å²) in [5.74, 6) is -1.66. The summed E-state index contributed by atoms with van der Waals surface area (Å²) < 4.78 is 4.74. The first-order valence-corrected chi connectivity index (χ1v) is 5.73. The second-order valence-corrected chi connectivity index (χ2v) is 3.77. The van der Waals surface area contributed by atoms with Crippen LogP contribution in [0.3, 0.4) is 0 Å². The lowest BCUT2D eigenvalue weighted by Gasteiger charge is -2.08. The van der Waals surface area contributed by atoms with Gasteiger partial charge in [0.1, 0.15) is 6.61 Å². The molecule has 0 saturated heterocycles. The number of carbonyl (C=O) groups excluding carboxylic acids is 2. The monoisotopic (exact) mass is 281 g/mol. The van der Waals surface area contributed by atoms with E-state index < -0.39 is 24.5 Å². The summed E-state index contributed by atoms with van der Waals surface area (Å²) in [5, 5.41) is 13.3. The Labute approximate surface area is 114 Å². The number of urea groups is 1. The zero-order valence-electron chi connectivity index (χ0n) is 10.6. The average Bonchev–Trinajstić information content (AvgIpc) is 2.38. The Morgan fingerprint density at radius 1 is 1.30 bits per heavy atom. The number of nitrogens with one attached hydrogen (secondary N) is 2. The number of hydrogen-bond donors (Lipinski definition) is 4. The Hall–Kier alpha value is -2.61. The van der Waals surface area contributed by atoms with E-state index in [-0.39, 0.29) is 18.7 Å². The summed E-state index contributed by atoms with van der Waals surface area (Å²) in [6, 6.07) is 5.68. The SMILES string of the molecule is NC(=O)c1cccc(NC(=O)NCCOCC(=O)O)c1. The van der Waals surface area contributed by atoms with E-state index in [0.717, 1.165) is 0 Å². The Morgan fingerprint density at radius 3 is 2.70 bits per heavy atom. The summed E-state index contributed by atoms with van der Waals surface area (Å²) in [6.45, 7) is -0.167. The predicted octanol–water partition coefficient (Wildman–Crippen LogP) is 0.00820. The number of anilines is 1. The van der Waals surface area contributed by atoms with Gasteiger partial charge in [0.05, 0.1) is 6.61 Å². The summed E-state index contributed by atoms with van der Waals surface area (Å²) in [5.41, 5.74) is 5.83. The van der Waals surface area contributed by atoms with Crippen LogP contribution in [0.15, 0.2) is 24.3 Å². The molecule has 8 heteroatoms. The van der Waals surface area contributed by atoms with Gasteiger partial charge in [-0.3, -0.25) is 4.79 Å². The third-order valence-corrected chi connectivity index (χ3v) is 2.16. The molecule has 0 aliphatic carbocycles. The van der Waals surface area contributed by atoms with Gasteiger partial charge in [-0.05, 0) is 18.2 Å². The number of aliphatic carboxylic acids is 1. The molecule has 5 N–H and O–H groups in total. The third kappa shape index (κ3) is 5.83. The van der Waals surface area contributed by atoms with Crippen LogP contribution in [0.5, 0.6) is 0 Å². The predicted molar refractivity (Wildman–Crippen MR) is 70.4 cm³/mol. The van der Waals surface area contributed by atoms with Gasteiger partial charge in [-0.25, -0.2) is 9.59 Å². The molecule has 0 atom stereocenters. The van der Waals surface area contributed by atoms with Gasteiger partial charge in [-0.15, -0.1) is 0 Å². The van der Waals surface area contributed by atoms with Crippen LogP contribution in [0.25, 0.3) is 0 Å². The fourth-order valence-electron chi connectivity index (χ4n) is 1.32. The lowest BCUT2D eigenvalue weighted by atomic mass is 10.2. The van der Waals surface area contributed by atoms with Crippen molar-refractivity contribution in [3.8, 4) is 0 Å². The van der Waals surface area contributed by atoms with Crippen molar-refractivity contribution in [2.75, 3.05) is 25.1 Å². The molecule has 0 spiro atoms. The number of hydrogen-bond acceptors (Lipinski definition) is 4. The number of primary amides is 1. The molecule has 108 valence electrons. The number of carbonyl (C=O) groups is 3. The summed E-state index contributed by atoms with van der Waals surface area (Å²) in [6.07, 6.45) is 0. The maximum atomic E-state index is 11.5. The summed E-state index contributed by atoms with van der Waals surface area (Å²) in [7, 11) is 0. The number of nitrogens with two attached hydrogens (primary N) is 1. The van der Waals surface area contributed by atoms with E-state index >= 15 is 0 Å². The zero-order valence-corrected chi connectivity index (χ0v) is 10.6. The fraction of sp³-hybridized carbons (Fsp3) is 0.250. The molecule has 0 saturated carbocycles. The van der Waals surface area contributed by atoms with Gasteiger partial charge >= 0.3 is 12.0 Å². The van der Waals surface area contributed by atoms with E-state index in [1.807, 2.05) is 0 Å². The molecule has 1 aromatic carbocycles. The summed E-state index contributed by atoms with van der Waals surface area (Å²) in [4.78, 5) is 32.6. The van der Waals surface area contributed by atoms with Crippen LogP contribution >= 0.6 is 0 Å². The maximum Gasteiger partial charge on any atom is 0.329 e. The van der Waals surface area contributed by atoms with Gasteiger partial charge in [0.2, 0.25) is 5.91 Å². The first-order valence-electron chi connectivity index (χ1n) is 5.73. The van der Waals surface area contributed by atoms with Crippen LogP contribution in [0.4, 0.5) is 10.5 Å². The molecule has 1 aromatic rings. The lowest BCUT2D eigenvalue weighted by Crippen LogP contribution is -2.32. The molecular weight excluding hydrogens is 266 g/mol. The van der Waals surface area contributed by atoms with Crippen molar-refractivity contribution in [2.45, 2.75) is 0 Å². The quantitative estimate of drug-likeness (QED) is 0.523. The molecule has 8 nitrogen and oxygen atoms in total. The minimum Gasteiger partial charge on any atom is -0.480 e. The Morgan fingerprint density at radius 2 is 2.05 bits per heavy atom. The van der Waals surface area contributed by atoms with Crippen LogP contribution in [0, 0.1) is 0 Å². The highest BCUT2D eigenvalue weighted by Gasteiger charge is 2.04. The van der Waals surface area contributed by atoms with Gasteiger partial charge in [0, 0.05) is 17.8 Å². The summed E-state index contributed by atoms with van der Waals surface area (Å²) >= 11 is 0. The van der Waals surface area contributed by atoms with Crippen LogP contribution in [0.1, 0.15) is 10.4 Å². The van der Waals surface area contributed by atoms with E-state index in [1.165, 1.54) is 12.1 Å². The maximum absolute atomic E-state index is 11.5. The number of amides is 3. The van der Waals surface area contributed by atoms with Gasteiger partial charge in [0.15, 0.2) is 0 Å². The number of rotatable bonds is 7.